The molecule has 0 amide bonds. The number of rotatable bonds is 4. The molecule has 2 unspecified atom stereocenters. The van der Waals surface area contributed by atoms with Crippen LogP contribution in [0.1, 0.15) is 36.8 Å². The van der Waals surface area contributed by atoms with E-state index in [2.05, 4.69) is 37.5 Å². The zero-order chi connectivity index (χ0) is 9.84. The third-order valence-corrected chi connectivity index (χ3v) is 3.51. The number of aryl methyl sites for hydroxylation is 1. The van der Waals surface area contributed by atoms with Crippen LogP contribution in [-0.2, 0) is 0 Å². The minimum Gasteiger partial charge on any atom is -0.313 e. The molecule has 0 aliphatic heterocycles. The summed E-state index contributed by atoms with van der Waals surface area (Å²) in [5.41, 5.74) is 1.44. The first-order valence-corrected chi connectivity index (χ1v) is 5.79. The average molecular weight is 197 g/mol. The Hall–Kier alpha value is -0.340. The van der Waals surface area contributed by atoms with Gasteiger partial charge in [0.2, 0.25) is 0 Å². The molecule has 1 aromatic heterocycles. The molecule has 1 rings (SSSR count). The van der Waals surface area contributed by atoms with Gasteiger partial charge in [-0.2, -0.15) is 0 Å². The Labute approximate surface area is 85.2 Å². The van der Waals surface area contributed by atoms with Gasteiger partial charge in [-0.15, -0.1) is 11.3 Å². The summed E-state index contributed by atoms with van der Waals surface area (Å²) in [7, 11) is 2.05. The van der Waals surface area contributed by atoms with Crippen molar-refractivity contribution in [1.82, 2.24) is 5.32 Å². The average Bonchev–Trinajstić information content (AvgIpc) is 2.53. The largest absolute Gasteiger partial charge is 0.313 e. The Bertz CT molecular complexity index is 254. The SMILES string of the molecule is CCC(C)C(NC)c1csc(C)c1. The molecule has 0 aliphatic carbocycles. The molecule has 2 heteroatoms. The predicted octanol–water partition coefficient (Wildman–Crippen LogP) is 3.36. The molecule has 1 nitrogen and oxygen atoms in total. The third-order valence-electron chi connectivity index (χ3n) is 2.63. The molecule has 0 aromatic carbocycles. The van der Waals surface area contributed by atoms with E-state index in [4.69, 9.17) is 0 Å². The molecule has 13 heavy (non-hydrogen) atoms. The van der Waals surface area contributed by atoms with Gasteiger partial charge in [0.15, 0.2) is 0 Å². The second kappa shape index (κ2) is 4.77. The minimum atomic E-state index is 0.523. The first-order valence-electron chi connectivity index (χ1n) is 4.91. The number of hydrogen-bond acceptors (Lipinski definition) is 2. The molecule has 0 saturated heterocycles. The molecule has 1 heterocycles. The molecular formula is C11H19NS. The molecule has 0 spiro atoms. The molecule has 1 N–H and O–H groups in total. The Morgan fingerprint density at radius 2 is 2.23 bits per heavy atom. The summed E-state index contributed by atoms with van der Waals surface area (Å²) in [5, 5.41) is 5.66. The summed E-state index contributed by atoms with van der Waals surface area (Å²) in [4.78, 5) is 1.40. The van der Waals surface area contributed by atoms with Crippen molar-refractivity contribution in [2.24, 2.45) is 5.92 Å². The molecule has 0 fully saturated rings. The van der Waals surface area contributed by atoms with E-state index in [9.17, 15) is 0 Å². The van der Waals surface area contributed by atoms with Crippen LogP contribution in [0.3, 0.4) is 0 Å². The highest BCUT2D eigenvalue weighted by atomic mass is 32.1. The van der Waals surface area contributed by atoms with E-state index in [0.717, 1.165) is 0 Å². The van der Waals surface area contributed by atoms with Crippen LogP contribution in [0.25, 0.3) is 0 Å². The van der Waals surface area contributed by atoms with Crippen LogP contribution in [0, 0.1) is 12.8 Å². The van der Waals surface area contributed by atoms with Crippen molar-refractivity contribution in [1.29, 1.82) is 0 Å². The van der Waals surface area contributed by atoms with Crippen molar-refractivity contribution in [3.05, 3.63) is 21.9 Å². The van der Waals surface area contributed by atoms with Gasteiger partial charge < -0.3 is 5.32 Å². The van der Waals surface area contributed by atoms with Gasteiger partial charge >= 0.3 is 0 Å². The first-order chi connectivity index (χ1) is 6.19. The van der Waals surface area contributed by atoms with Gasteiger partial charge in [0.1, 0.15) is 0 Å². The van der Waals surface area contributed by atoms with E-state index in [0.29, 0.717) is 12.0 Å². The van der Waals surface area contributed by atoms with Crippen molar-refractivity contribution in [2.45, 2.75) is 33.2 Å². The van der Waals surface area contributed by atoms with Gasteiger partial charge in [-0.1, -0.05) is 20.3 Å². The normalized spacial score (nSPS) is 15.7. The monoisotopic (exact) mass is 197 g/mol. The summed E-state index contributed by atoms with van der Waals surface area (Å²) in [6.07, 6.45) is 1.22. The molecule has 0 bridgehead atoms. The van der Waals surface area contributed by atoms with Crippen molar-refractivity contribution in [2.75, 3.05) is 7.05 Å². The summed E-state index contributed by atoms with van der Waals surface area (Å²) in [6, 6.07) is 2.81. The molecule has 2 atom stereocenters. The molecule has 1 aromatic rings. The van der Waals surface area contributed by atoms with Gasteiger partial charge in [0.25, 0.3) is 0 Å². The van der Waals surface area contributed by atoms with Gasteiger partial charge in [0, 0.05) is 10.9 Å². The molecule has 0 aliphatic rings. The summed E-state index contributed by atoms with van der Waals surface area (Å²) in [6.45, 7) is 6.71. The third kappa shape index (κ3) is 2.55. The zero-order valence-electron chi connectivity index (χ0n) is 8.92. The van der Waals surface area contributed by atoms with Crippen molar-refractivity contribution in [3.63, 3.8) is 0 Å². The molecule has 0 saturated carbocycles. The maximum Gasteiger partial charge on any atom is 0.0351 e. The van der Waals surface area contributed by atoms with Crippen LogP contribution < -0.4 is 5.32 Å². The van der Waals surface area contributed by atoms with Gasteiger partial charge in [0.05, 0.1) is 0 Å². The second-order valence-electron chi connectivity index (χ2n) is 3.64. The highest BCUT2D eigenvalue weighted by molar-refractivity contribution is 7.10. The van der Waals surface area contributed by atoms with E-state index in [1.54, 1.807) is 0 Å². The van der Waals surface area contributed by atoms with Gasteiger partial charge in [-0.25, -0.2) is 0 Å². The van der Waals surface area contributed by atoms with E-state index >= 15 is 0 Å². The first kappa shape index (κ1) is 10.7. The van der Waals surface area contributed by atoms with Crippen LogP contribution in [0.2, 0.25) is 0 Å². The number of thiophene rings is 1. The van der Waals surface area contributed by atoms with Crippen molar-refractivity contribution < 1.29 is 0 Å². The quantitative estimate of drug-likeness (QED) is 0.780. The Morgan fingerprint density at radius 3 is 2.62 bits per heavy atom. The van der Waals surface area contributed by atoms with Crippen molar-refractivity contribution >= 4 is 11.3 Å². The molecule has 74 valence electrons. The van der Waals surface area contributed by atoms with E-state index in [1.807, 2.05) is 18.4 Å². The van der Waals surface area contributed by atoms with Crippen LogP contribution >= 0.6 is 11.3 Å². The lowest BCUT2D eigenvalue weighted by Crippen LogP contribution is -2.22. The van der Waals surface area contributed by atoms with Crippen LogP contribution in [0.15, 0.2) is 11.4 Å². The summed E-state index contributed by atoms with van der Waals surface area (Å²) in [5.74, 6) is 0.707. The van der Waals surface area contributed by atoms with E-state index < -0.39 is 0 Å². The predicted molar refractivity (Wildman–Crippen MR) is 60.3 cm³/mol. The maximum absolute atomic E-state index is 3.39. The molecule has 0 radical (unpaired) electrons. The molecular weight excluding hydrogens is 178 g/mol. The number of hydrogen-bond donors (Lipinski definition) is 1. The fraction of sp³-hybridized carbons (Fsp3) is 0.636. The van der Waals surface area contributed by atoms with Gasteiger partial charge in [-0.3, -0.25) is 0 Å². The lowest BCUT2D eigenvalue weighted by atomic mass is 9.94. The topological polar surface area (TPSA) is 12.0 Å². The summed E-state index contributed by atoms with van der Waals surface area (Å²) >= 11 is 1.84. The Kier molecular flexibility index (Phi) is 3.94. The Balaban J connectivity index is 2.77. The van der Waals surface area contributed by atoms with Crippen LogP contribution in [-0.4, -0.2) is 7.05 Å². The minimum absolute atomic E-state index is 0.523. The zero-order valence-corrected chi connectivity index (χ0v) is 9.74. The maximum atomic E-state index is 3.39. The van der Waals surface area contributed by atoms with Crippen LogP contribution in [0.5, 0.6) is 0 Å². The number of nitrogens with one attached hydrogen (secondary N) is 1. The van der Waals surface area contributed by atoms with Gasteiger partial charge in [-0.05, 0) is 36.9 Å². The highest BCUT2D eigenvalue weighted by Gasteiger charge is 2.16. The fourth-order valence-electron chi connectivity index (χ4n) is 1.64. The Morgan fingerprint density at radius 1 is 1.54 bits per heavy atom. The van der Waals surface area contributed by atoms with E-state index in [1.165, 1.54) is 16.9 Å². The van der Waals surface area contributed by atoms with E-state index in [-0.39, 0.29) is 0 Å². The fourth-order valence-corrected chi connectivity index (χ4v) is 2.38. The van der Waals surface area contributed by atoms with Crippen LogP contribution in [0.4, 0.5) is 0 Å². The standard InChI is InChI=1S/C11H19NS/c1-5-8(2)11(12-4)10-6-9(3)13-7-10/h6-8,11-12H,5H2,1-4H3. The second-order valence-corrected chi connectivity index (χ2v) is 4.76. The highest BCUT2D eigenvalue weighted by Crippen LogP contribution is 2.27. The smallest absolute Gasteiger partial charge is 0.0351 e. The lowest BCUT2D eigenvalue weighted by molar-refractivity contribution is 0.401. The summed E-state index contributed by atoms with van der Waals surface area (Å²) < 4.78 is 0. The lowest BCUT2D eigenvalue weighted by Gasteiger charge is -2.21. The van der Waals surface area contributed by atoms with Crippen molar-refractivity contribution in [3.8, 4) is 0 Å².